The van der Waals surface area contributed by atoms with Crippen LogP contribution in [0.15, 0.2) is 162 Å². The Balaban J connectivity index is 1.20. The van der Waals surface area contributed by atoms with Crippen molar-refractivity contribution in [3.63, 3.8) is 0 Å². The van der Waals surface area contributed by atoms with Gasteiger partial charge in [-0.3, -0.25) is 0 Å². The van der Waals surface area contributed by atoms with Gasteiger partial charge in [-0.25, -0.2) is 0 Å². The molecule has 0 saturated carbocycles. The highest BCUT2D eigenvalue weighted by Gasteiger charge is 2.40. The highest BCUT2D eigenvalue weighted by Crippen LogP contribution is 2.53. The van der Waals surface area contributed by atoms with E-state index in [1.165, 1.54) is 0 Å². The van der Waals surface area contributed by atoms with E-state index in [-0.39, 0.29) is 0 Å². The predicted octanol–water partition coefficient (Wildman–Crippen LogP) is 9.97. The van der Waals surface area contributed by atoms with Gasteiger partial charge in [-0.2, -0.15) is 0 Å². The summed E-state index contributed by atoms with van der Waals surface area (Å²) in [5.41, 5.74) is 9.50. The molecule has 1 unspecified atom stereocenters. The van der Waals surface area contributed by atoms with Gasteiger partial charge < -0.3 is 13.5 Å². The minimum atomic E-state index is -3.04. The molecule has 0 amide bonds. The van der Waals surface area contributed by atoms with Gasteiger partial charge in [-0.15, -0.1) is 0 Å². The molecule has 0 N–H and O–H groups in total. The lowest BCUT2D eigenvalue weighted by Crippen LogP contribution is -2.20. The number of hydrogen-bond donors (Lipinski definition) is 0. The van der Waals surface area contributed by atoms with Crippen molar-refractivity contribution < 1.29 is 8.98 Å². The predicted molar refractivity (Wildman–Crippen MR) is 192 cm³/mol. The molecule has 0 aliphatic carbocycles. The molecule has 1 aliphatic rings. The molecule has 3 heterocycles. The van der Waals surface area contributed by atoms with E-state index in [0.717, 1.165) is 87.6 Å². The van der Waals surface area contributed by atoms with Gasteiger partial charge in [0.05, 0.1) is 11.0 Å². The third-order valence-corrected chi connectivity index (χ3v) is 12.8. The van der Waals surface area contributed by atoms with Crippen LogP contribution in [-0.2, 0) is 4.57 Å². The molecule has 1 atom stereocenters. The first-order chi connectivity index (χ1) is 22.7. The van der Waals surface area contributed by atoms with E-state index in [9.17, 15) is 0 Å². The Morgan fingerprint density at radius 3 is 2.04 bits per heavy atom. The summed E-state index contributed by atoms with van der Waals surface area (Å²) in [6.45, 7) is 0. The molecule has 0 spiro atoms. The van der Waals surface area contributed by atoms with Crippen LogP contribution in [0, 0.1) is 0 Å². The summed E-state index contributed by atoms with van der Waals surface area (Å²) < 4.78 is 23.7. The topological polar surface area (TPSA) is 35.1 Å². The van der Waals surface area contributed by atoms with Crippen LogP contribution >= 0.6 is 7.14 Å². The molecule has 0 bridgehead atoms. The van der Waals surface area contributed by atoms with Gasteiger partial charge in [0.2, 0.25) is 0 Å². The van der Waals surface area contributed by atoms with Crippen molar-refractivity contribution in [2.24, 2.45) is 0 Å². The molecule has 0 fully saturated rings. The summed E-state index contributed by atoms with van der Waals surface area (Å²) in [7, 11) is -3.04. The summed E-state index contributed by atoms with van der Waals surface area (Å²) in [5, 5.41) is 7.24. The van der Waals surface area contributed by atoms with E-state index < -0.39 is 7.14 Å². The van der Waals surface area contributed by atoms with Crippen LogP contribution in [0.3, 0.4) is 0 Å². The van der Waals surface area contributed by atoms with Crippen molar-refractivity contribution in [2.75, 3.05) is 0 Å². The van der Waals surface area contributed by atoms with Crippen molar-refractivity contribution in [3.8, 4) is 27.9 Å². The standard InChI is InChI=1S/C42H26NO2P/c44-46(29-11-2-1-3-12-29)40-20-9-6-14-32(40)35-25-37-34(26-41(35)46)31-13-4-7-17-36(31)43(37)28-23-21-27(22-24-28)30-16-10-19-39-42(30)33-15-5-8-18-38(33)45-39/h1-26H. The minimum absolute atomic E-state index is 0.875. The van der Waals surface area contributed by atoms with Gasteiger partial charge in [0.15, 0.2) is 7.14 Å². The number of nitrogens with zero attached hydrogens (tertiary/aromatic N) is 1. The van der Waals surface area contributed by atoms with E-state index >= 15 is 4.57 Å². The van der Waals surface area contributed by atoms with Crippen molar-refractivity contribution in [1.82, 2.24) is 4.57 Å². The zero-order valence-electron chi connectivity index (χ0n) is 24.7. The molecule has 4 heteroatoms. The quantitative estimate of drug-likeness (QED) is 0.187. The monoisotopic (exact) mass is 607 g/mol. The van der Waals surface area contributed by atoms with Crippen LogP contribution in [0.5, 0.6) is 0 Å². The molecule has 7 aromatic carbocycles. The lowest BCUT2D eigenvalue weighted by molar-refractivity contribution is 0.593. The van der Waals surface area contributed by atoms with Crippen molar-refractivity contribution in [2.45, 2.75) is 0 Å². The normalized spacial score (nSPS) is 15.6. The number of para-hydroxylation sites is 2. The Kier molecular flexibility index (Phi) is 5.27. The zero-order valence-corrected chi connectivity index (χ0v) is 25.6. The Labute approximate surface area is 265 Å². The Bertz CT molecular complexity index is 2720. The van der Waals surface area contributed by atoms with Gasteiger partial charge >= 0.3 is 0 Å². The summed E-state index contributed by atoms with van der Waals surface area (Å²) >= 11 is 0. The summed E-state index contributed by atoms with van der Waals surface area (Å²) in [6.07, 6.45) is 0. The molecule has 46 heavy (non-hydrogen) atoms. The Hall–Kier alpha value is -5.63. The number of benzene rings is 7. The van der Waals surface area contributed by atoms with E-state index in [1.54, 1.807) is 0 Å². The number of fused-ring (bicyclic) bond motifs is 9. The third kappa shape index (κ3) is 3.41. The second-order valence-corrected chi connectivity index (χ2v) is 14.7. The molecular formula is C42H26NO2P. The Morgan fingerprint density at radius 1 is 0.478 bits per heavy atom. The first-order valence-corrected chi connectivity index (χ1v) is 17.3. The molecule has 0 saturated heterocycles. The number of aromatic nitrogens is 1. The van der Waals surface area contributed by atoms with Gasteiger partial charge in [-0.05, 0) is 64.7 Å². The maximum absolute atomic E-state index is 15.2. The lowest BCUT2D eigenvalue weighted by Gasteiger charge is -2.16. The molecule has 2 aromatic heterocycles. The average Bonchev–Trinajstić information content (AvgIpc) is 3.74. The van der Waals surface area contributed by atoms with Crippen LogP contribution in [0.4, 0.5) is 0 Å². The molecule has 1 aliphatic heterocycles. The third-order valence-electron chi connectivity index (χ3n) is 9.62. The SMILES string of the molecule is O=P1(c2ccccc2)c2ccccc2-c2cc3c(cc21)c1ccccc1n3-c1ccc(-c2cccc3oc4ccccc4c23)cc1. The van der Waals surface area contributed by atoms with Crippen LogP contribution < -0.4 is 15.9 Å². The second kappa shape index (κ2) is 9.44. The molecule has 216 valence electrons. The number of hydrogen-bond acceptors (Lipinski definition) is 2. The van der Waals surface area contributed by atoms with Crippen LogP contribution in [0.25, 0.3) is 71.7 Å². The van der Waals surface area contributed by atoms with Gasteiger partial charge in [0.25, 0.3) is 0 Å². The van der Waals surface area contributed by atoms with Crippen molar-refractivity contribution >= 4 is 66.8 Å². The number of rotatable bonds is 3. The van der Waals surface area contributed by atoms with Gasteiger partial charge in [-0.1, -0.05) is 115 Å². The smallest absolute Gasteiger partial charge is 0.172 e. The minimum Gasteiger partial charge on any atom is -0.456 e. The van der Waals surface area contributed by atoms with Gasteiger partial charge in [0, 0.05) is 43.1 Å². The van der Waals surface area contributed by atoms with Crippen LogP contribution in [-0.4, -0.2) is 4.57 Å². The van der Waals surface area contributed by atoms with Crippen LogP contribution in [0.1, 0.15) is 0 Å². The number of furan rings is 1. The zero-order chi connectivity index (χ0) is 30.4. The molecular weight excluding hydrogens is 581 g/mol. The average molecular weight is 608 g/mol. The fourth-order valence-corrected chi connectivity index (χ4v) is 10.7. The van der Waals surface area contributed by atoms with E-state index in [4.69, 9.17) is 4.42 Å². The van der Waals surface area contributed by atoms with E-state index in [1.807, 2.05) is 66.7 Å². The highest BCUT2D eigenvalue weighted by molar-refractivity contribution is 7.86. The van der Waals surface area contributed by atoms with Crippen LogP contribution in [0.2, 0.25) is 0 Å². The first kappa shape index (κ1) is 25.7. The van der Waals surface area contributed by atoms with E-state index in [2.05, 4.69) is 95.6 Å². The lowest BCUT2D eigenvalue weighted by atomic mass is 9.99. The van der Waals surface area contributed by atoms with Gasteiger partial charge in [0.1, 0.15) is 11.2 Å². The maximum atomic E-state index is 15.2. The largest absolute Gasteiger partial charge is 0.456 e. The second-order valence-electron chi connectivity index (χ2n) is 12.0. The molecule has 3 nitrogen and oxygen atoms in total. The van der Waals surface area contributed by atoms with Crippen molar-refractivity contribution in [1.29, 1.82) is 0 Å². The Morgan fingerprint density at radius 2 is 1.17 bits per heavy atom. The highest BCUT2D eigenvalue weighted by atomic mass is 31.2. The summed E-state index contributed by atoms with van der Waals surface area (Å²) in [4.78, 5) is 0. The molecule has 9 aromatic rings. The van der Waals surface area contributed by atoms with E-state index in [0.29, 0.717) is 0 Å². The first-order valence-electron chi connectivity index (χ1n) is 15.5. The van der Waals surface area contributed by atoms with Crippen molar-refractivity contribution in [3.05, 3.63) is 158 Å². The fourth-order valence-electron chi connectivity index (χ4n) is 7.59. The summed E-state index contributed by atoms with van der Waals surface area (Å²) in [5.74, 6) is 0. The summed E-state index contributed by atoms with van der Waals surface area (Å²) in [6, 6.07) is 54.5. The molecule has 10 rings (SSSR count). The molecule has 0 radical (unpaired) electrons. The fraction of sp³-hybridized carbons (Fsp3) is 0. The maximum Gasteiger partial charge on any atom is 0.172 e.